The molecule has 1 aromatic carbocycles. The van der Waals surface area contributed by atoms with Crippen molar-refractivity contribution in [2.24, 2.45) is 0 Å². The maximum atomic E-state index is 14.0. The molecule has 0 fully saturated rings. The Labute approximate surface area is 155 Å². The summed E-state index contributed by atoms with van der Waals surface area (Å²) in [6, 6.07) is 2.59. The Hall–Kier alpha value is -3.10. The lowest BCUT2D eigenvalue weighted by molar-refractivity contribution is -0.139. The number of urea groups is 1. The highest BCUT2D eigenvalue weighted by molar-refractivity contribution is 5.95. The van der Waals surface area contributed by atoms with E-state index in [1.54, 1.807) is 13.8 Å². The number of esters is 2. The molecule has 0 bridgehead atoms. The quantitative estimate of drug-likeness (QED) is 0.701. The zero-order valence-electron chi connectivity index (χ0n) is 15.3. The number of hydrogen-bond acceptors (Lipinski definition) is 6. The van der Waals surface area contributed by atoms with Crippen molar-refractivity contribution < 1.29 is 33.0 Å². The normalized spacial score (nSPS) is 16.3. The van der Waals surface area contributed by atoms with Crippen LogP contribution in [0.5, 0.6) is 5.75 Å². The number of halogens is 1. The summed E-state index contributed by atoms with van der Waals surface area (Å²) in [5.41, 5.74) is -0.0188. The van der Waals surface area contributed by atoms with Gasteiger partial charge in [-0.25, -0.2) is 18.8 Å². The van der Waals surface area contributed by atoms with Crippen LogP contribution in [0.25, 0.3) is 0 Å². The number of methoxy groups -OCH3 is 1. The number of ether oxygens (including phenoxy) is 3. The summed E-state index contributed by atoms with van der Waals surface area (Å²) < 4.78 is 29.0. The molecule has 0 saturated heterocycles. The minimum Gasteiger partial charge on any atom is -0.497 e. The molecule has 0 aliphatic carbocycles. The Bertz CT molecular complexity index is 777. The van der Waals surface area contributed by atoms with Crippen LogP contribution in [0.4, 0.5) is 9.18 Å². The second-order valence-corrected chi connectivity index (χ2v) is 5.59. The van der Waals surface area contributed by atoms with Gasteiger partial charge in [-0.1, -0.05) is 6.92 Å². The summed E-state index contributed by atoms with van der Waals surface area (Å²) >= 11 is 0. The predicted molar refractivity (Wildman–Crippen MR) is 92.6 cm³/mol. The molecule has 1 heterocycles. The van der Waals surface area contributed by atoms with E-state index in [1.165, 1.54) is 19.2 Å². The first-order valence-corrected chi connectivity index (χ1v) is 8.39. The van der Waals surface area contributed by atoms with Crippen LogP contribution in [-0.4, -0.2) is 44.3 Å². The van der Waals surface area contributed by atoms with Crippen molar-refractivity contribution in [3.05, 3.63) is 40.8 Å². The van der Waals surface area contributed by atoms with Gasteiger partial charge in [-0.05, 0) is 25.5 Å². The monoisotopic (exact) mass is 380 g/mol. The minimum absolute atomic E-state index is 0.103. The molecule has 0 saturated carbocycles. The summed E-state index contributed by atoms with van der Waals surface area (Å²) in [7, 11) is 1.38. The zero-order chi connectivity index (χ0) is 20.0. The summed E-state index contributed by atoms with van der Waals surface area (Å²) in [6.07, 6.45) is 0.437. The van der Waals surface area contributed by atoms with Gasteiger partial charge in [0, 0.05) is 6.07 Å². The lowest BCUT2D eigenvalue weighted by Crippen LogP contribution is -2.51. The van der Waals surface area contributed by atoms with E-state index in [2.05, 4.69) is 10.6 Å². The van der Waals surface area contributed by atoms with Gasteiger partial charge in [0.1, 0.15) is 18.2 Å². The molecule has 2 rings (SSSR count). The van der Waals surface area contributed by atoms with Crippen LogP contribution in [0.3, 0.4) is 0 Å². The molecule has 0 radical (unpaired) electrons. The van der Waals surface area contributed by atoms with Crippen molar-refractivity contribution in [3.8, 4) is 5.75 Å². The van der Waals surface area contributed by atoms with E-state index in [4.69, 9.17) is 14.2 Å². The largest absolute Gasteiger partial charge is 0.497 e. The maximum Gasteiger partial charge on any atom is 0.341 e. The summed E-state index contributed by atoms with van der Waals surface area (Å²) in [4.78, 5) is 36.2. The average Bonchev–Trinajstić information content (AvgIpc) is 2.65. The third-order valence-corrected chi connectivity index (χ3v) is 3.89. The summed E-state index contributed by atoms with van der Waals surface area (Å²) in [5.74, 6) is -2.11. The van der Waals surface area contributed by atoms with E-state index in [0.717, 1.165) is 6.07 Å². The molecular formula is C18H21FN2O6. The van der Waals surface area contributed by atoms with Gasteiger partial charge >= 0.3 is 18.0 Å². The van der Waals surface area contributed by atoms with Crippen molar-refractivity contribution in [2.45, 2.75) is 26.3 Å². The first kappa shape index (κ1) is 20.2. The maximum absolute atomic E-state index is 14.0. The number of carbonyl (C=O) groups excluding carboxylic acids is 3. The molecule has 146 valence electrons. The minimum atomic E-state index is -0.938. The van der Waals surface area contributed by atoms with Crippen molar-refractivity contribution in [1.82, 2.24) is 10.6 Å². The molecule has 1 aliphatic heterocycles. The number of rotatable bonds is 7. The van der Waals surface area contributed by atoms with Gasteiger partial charge in [-0.2, -0.15) is 0 Å². The fraction of sp³-hybridized carbons (Fsp3) is 0.389. The SMILES string of the molecule is CCOC(=O)C1=C(COC(=O)c2ccc(OC)cc2F)NC(=O)N[C@H]1CC. The van der Waals surface area contributed by atoms with Crippen molar-refractivity contribution >= 4 is 18.0 Å². The highest BCUT2D eigenvalue weighted by Crippen LogP contribution is 2.20. The molecule has 1 aliphatic rings. The lowest BCUT2D eigenvalue weighted by atomic mass is 10.0. The molecule has 0 aromatic heterocycles. The summed E-state index contributed by atoms with van der Waals surface area (Å²) in [5, 5.41) is 5.05. The van der Waals surface area contributed by atoms with Crippen LogP contribution in [0.1, 0.15) is 30.6 Å². The second-order valence-electron chi connectivity index (χ2n) is 5.59. The van der Waals surface area contributed by atoms with E-state index in [0.29, 0.717) is 6.42 Å². The van der Waals surface area contributed by atoms with Crippen molar-refractivity contribution in [3.63, 3.8) is 0 Å². The predicted octanol–water partition coefficient (Wildman–Crippen LogP) is 1.90. The Balaban J connectivity index is 2.22. The van der Waals surface area contributed by atoms with E-state index in [-0.39, 0.29) is 29.2 Å². The van der Waals surface area contributed by atoms with E-state index in [1.807, 2.05) is 0 Å². The van der Waals surface area contributed by atoms with Crippen LogP contribution >= 0.6 is 0 Å². The number of benzene rings is 1. The molecule has 0 unspecified atom stereocenters. The Kier molecular flexibility index (Phi) is 6.75. The van der Waals surface area contributed by atoms with Crippen LogP contribution < -0.4 is 15.4 Å². The second kappa shape index (κ2) is 9.02. The van der Waals surface area contributed by atoms with Gasteiger partial charge in [0.05, 0.1) is 36.6 Å². The Morgan fingerprint density at radius 2 is 1.93 bits per heavy atom. The Morgan fingerprint density at radius 1 is 1.19 bits per heavy atom. The molecule has 1 atom stereocenters. The third-order valence-electron chi connectivity index (χ3n) is 3.89. The van der Waals surface area contributed by atoms with Crippen molar-refractivity contribution in [1.29, 1.82) is 0 Å². The highest BCUT2D eigenvalue weighted by Gasteiger charge is 2.32. The zero-order valence-corrected chi connectivity index (χ0v) is 15.3. The Morgan fingerprint density at radius 3 is 2.52 bits per heavy atom. The molecule has 0 spiro atoms. The van der Waals surface area contributed by atoms with E-state index < -0.39 is 36.4 Å². The van der Waals surface area contributed by atoms with Gasteiger partial charge in [-0.3, -0.25) is 0 Å². The summed E-state index contributed by atoms with van der Waals surface area (Å²) in [6.45, 7) is 3.17. The number of amides is 2. The van der Waals surface area contributed by atoms with Crippen LogP contribution in [0.15, 0.2) is 29.5 Å². The fourth-order valence-corrected chi connectivity index (χ4v) is 2.58. The number of carbonyl (C=O) groups is 3. The van der Waals surface area contributed by atoms with E-state index >= 15 is 0 Å². The molecule has 8 nitrogen and oxygen atoms in total. The van der Waals surface area contributed by atoms with Crippen molar-refractivity contribution in [2.75, 3.05) is 20.3 Å². The van der Waals surface area contributed by atoms with Crippen LogP contribution in [0.2, 0.25) is 0 Å². The van der Waals surface area contributed by atoms with Gasteiger partial charge in [0.2, 0.25) is 0 Å². The number of hydrogen-bond donors (Lipinski definition) is 2. The smallest absolute Gasteiger partial charge is 0.341 e. The highest BCUT2D eigenvalue weighted by atomic mass is 19.1. The molecule has 9 heteroatoms. The van der Waals surface area contributed by atoms with Gasteiger partial charge in [0.25, 0.3) is 0 Å². The standard InChI is InChI=1S/C18H21FN2O6/c1-4-13-15(17(23)26-5-2)14(21-18(24)20-13)9-27-16(22)11-7-6-10(25-3)8-12(11)19/h6-8,13H,4-5,9H2,1-3H3,(H2,20,21,24)/t13-/m0/s1. The first-order chi connectivity index (χ1) is 12.9. The first-order valence-electron chi connectivity index (χ1n) is 8.39. The molecular weight excluding hydrogens is 359 g/mol. The van der Waals surface area contributed by atoms with Crippen LogP contribution in [-0.2, 0) is 14.3 Å². The number of nitrogens with one attached hydrogen (secondary N) is 2. The lowest BCUT2D eigenvalue weighted by Gasteiger charge is -2.28. The topological polar surface area (TPSA) is 103 Å². The van der Waals surface area contributed by atoms with Gasteiger partial charge < -0.3 is 24.8 Å². The molecule has 2 amide bonds. The van der Waals surface area contributed by atoms with Gasteiger partial charge in [-0.15, -0.1) is 0 Å². The van der Waals surface area contributed by atoms with E-state index in [9.17, 15) is 18.8 Å². The third kappa shape index (κ3) is 4.75. The molecule has 27 heavy (non-hydrogen) atoms. The molecule has 1 aromatic rings. The molecule has 2 N–H and O–H groups in total. The van der Waals surface area contributed by atoms with Gasteiger partial charge in [0.15, 0.2) is 0 Å². The van der Waals surface area contributed by atoms with Crippen LogP contribution in [0, 0.1) is 5.82 Å². The average molecular weight is 380 g/mol. The fourth-order valence-electron chi connectivity index (χ4n) is 2.58.